The molecule has 0 spiro atoms. The van der Waals surface area contributed by atoms with Crippen LogP contribution in [0.2, 0.25) is 0 Å². The van der Waals surface area contributed by atoms with Crippen molar-refractivity contribution in [2.24, 2.45) is 0 Å². The van der Waals surface area contributed by atoms with Crippen LogP contribution in [0.15, 0.2) is 24.3 Å². The van der Waals surface area contributed by atoms with Gasteiger partial charge in [-0.1, -0.05) is 0 Å². The molecule has 1 rings (SSSR count). The molecule has 0 aliphatic rings. The van der Waals surface area contributed by atoms with Crippen LogP contribution in [-0.2, 0) is 14.3 Å². The summed E-state index contributed by atoms with van der Waals surface area (Å²) in [6, 6.07) is 6.94. The lowest BCUT2D eigenvalue weighted by Gasteiger charge is -2.08. The van der Waals surface area contributed by atoms with Crippen LogP contribution in [0.1, 0.15) is 0 Å². The van der Waals surface area contributed by atoms with Crippen LogP contribution in [0.25, 0.3) is 0 Å². The van der Waals surface area contributed by atoms with E-state index in [1.165, 1.54) is 0 Å². The third-order valence-electron chi connectivity index (χ3n) is 2.59. The van der Waals surface area contributed by atoms with Crippen LogP contribution in [0.3, 0.4) is 0 Å². The average molecular weight is 295 g/mol. The number of ether oxygens (including phenoxy) is 2. The molecule has 3 N–H and O–H groups in total. The van der Waals surface area contributed by atoms with E-state index in [1.54, 1.807) is 38.5 Å². The minimum Gasteiger partial charge on any atom is -0.497 e. The number of anilines is 1. The Labute approximate surface area is 124 Å². The van der Waals surface area contributed by atoms with Gasteiger partial charge in [0.2, 0.25) is 11.8 Å². The molecule has 0 aromatic heterocycles. The van der Waals surface area contributed by atoms with E-state index in [2.05, 4.69) is 16.0 Å². The minimum atomic E-state index is -0.287. The van der Waals surface area contributed by atoms with Crippen LogP contribution in [0.5, 0.6) is 5.75 Å². The van der Waals surface area contributed by atoms with Gasteiger partial charge in [-0.2, -0.15) is 0 Å². The number of carbonyl (C=O) groups excluding carboxylic acids is 2. The first-order valence-electron chi connectivity index (χ1n) is 6.56. The van der Waals surface area contributed by atoms with Crippen molar-refractivity contribution in [3.8, 4) is 5.75 Å². The van der Waals surface area contributed by atoms with Gasteiger partial charge in [0.15, 0.2) is 0 Å². The lowest BCUT2D eigenvalue weighted by molar-refractivity contribution is -0.123. The van der Waals surface area contributed by atoms with Gasteiger partial charge in [-0.05, 0) is 24.3 Å². The molecule has 0 radical (unpaired) electrons. The van der Waals surface area contributed by atoms with Gasteiger partial charge < -0.3 is 25.4 Å². The first-order valence-corrected chi connectivity index (χ1v) is 6.56. The second kappa shape index (κ2) is 9.73. The number of benzene rings is 1. The van der Waals surface area contributed by atoms with Gasteiger partial charge in [0.05, 0.1) is 26.8 Å². The molecule has 0 fully saturated rings. The molecule has 7 heteroatoms. The summed E-state index contributed by atoms with van der Waals surface area (Å²) in [5.41, 5.74) is 0.647. The van der Waals surface area contributed by atoms with Gasteiger partial charge in [0, 0.05) is 19.3 Å². The fourth-order valence-electron chi connectivity index (χ4n) is 1.50. The third kappa shape index (κ3) is 7.28. The fourth-order valence-corrected chi connectivity index (χ4v) is 1.50. The van der Waals surface area contributed by atoms with E-state index in [4.69, 9.17) is 9.47 Å². The molecule has 0 saturated carbocycles. The summed E-state index contributed by atoms with van der Waals surface area (Å²) in [7, 11) is 3.16. The number of hydrogen-bond acceptors (Lipinski definition) is 5. The van der Waals surface area contributed by atoms with Crippen molar-refractivity contribution < 1.29 is 19.1 Å². The monoisotopic (exact) mass is 295 g/mol. The summed E-state index contributed by atoms with van der Waals surface area (Å²) in [6.45, 7) is 1.20. The quantitative estimate of drug-likeness (QED) is 0.558. The van der Waals surface area contributed by atoms with Crippen molar-refractivity contribution in [1.82, 2.24) is 10.6 Å². The maximum atomic E-state index is 11.7. The predicted octanol–water partition coefficient (Wildman–Crippen LogP) is -0.0141. The molecule has 21 heavy (non-hydrogen) atoms. The van der Waals surface area contributed by atoms with Gasteiger partial charge in [-0.3, -0.25) is 9.59 Å². The van der Waals surface area contributed by atoms with Crippen molar-refractivity contribution >= 4 is 17.5 Å². The summed E-state index contributed by atoms with van der Waals surface area (Å²) < 4.78 is 9.86. The number of hydrogen-bond donors (Lipinski definition) is 3. The van der Waals surface area contributed by atoms with Crippen molar-refractivity contribution in [2.75, 3.05) is 45.8 Å². The molecular weight excluding hydrogens is 274 g/mol. The Kier molecular flexibility index (Phi) is 7.85. The van der Waals surface area contributed by atoms with E-state index in [1.807, 2.05) is 0 Å². The Bertz CT molecular complexity index is 448. The summed E-state index contributed by atoms with van der Waals surface area (Å²) in [6.07, 6.45) is 0. The van der Waals surface area contributed by atoms with E-state index >= 15 is 0 Å². The zero-order chi connectivity index (χ0) is 15.5. The minimum absolute atomic E-state index is 0.0726. The highest BCUT2D eigenvalue weighted by Crippen LogP contribution is 2.14. The zero-order valence-corrected chi connectivity index (χ0v) is 12.3. The molecule has 2 amide bonds. The number of nitrogens with one attached hydrogen (secondary N) is 3. The first kappa shape index (κ1) is 16.9. The van der Waals surface area contributed by atoms with Crippen molar-refractivity contribution in [1.29, 1.82) is 0 Å². The largest absolute Gasteiger partial charge is 0.497 e. The molecule has 1 aromatic carbocycles. The summed E-state index contributed by atoms with van der Waals surface area (Å²) in [5.74, 6) is 0.185. The Morgan fingerprint density at radius 3 is 2.38 bits per heavy atom. The highest BCUT2D eigenvalue weighted by Gasteiger charge is 2.05. The van der Waals surface area contributed by atoms with Crippen LogP contribution in [0.4, 0.5) is 5.69 Å². The fraction of sp³-hybridized carbons (Fsp3) is 0.429. The Morgan fingerprint density at radius 2 is 1.76 bits per heavy atom. The molecule has 7 nitrogen and oxygen atoms in total. The molecule has 0 aliphatic heterocycles. The summed E-state index contributed by atoms with van der Waals surface area (Å²) in [5, 5.41) is 8.09. The third-order valence-corrected chi connectivity index (χ3v) is 2.59. The maximum absolute atomic E-state index is 11.7. The van der Waals surface area contributed by atoms with Gasteiger partial charge >= 0.3 is 0 Å². The molecule has 0 heterocycles. The van der Waals surface area contributed by atoms with Gasteiger partial charge in [0.1, 0.15) is 5.75 Å². The van der Waals surface area contributed by atoms with Gasteiger partial charge in [-0.15, -0.1) is 0 Å². The van der Waals surface area contributed by atoms with Gasteiger partial charge in [-0.25, -0.2) is 0 Å². The number of methoxy groups -OCH3 is 2. The van der Waals surface area contributed by atoms with E-state index in [0.717, 1.165) is 0 Å². The smallest absolute Gasteiger partial charge is 0.243 e. The lowest BCUT2D eigenvalue weighted by Crippen LogP contribution is -2.39. The second-order valence-electron chi connectivity index (χ2n) is 4.22. The average Bonchev–Trinajstić information content (AvgIpc) is 2.50. The Hall–Kier alpha value is -2.12. The topological polar surface area (TPSA) is 88.7 Å². The van der Waals surface area contributed by atoms with Crippen molar-refractivity contribution in [3.05, 3.63) is 24.3 Å². The highest BCUT2D eigenvalue weighted by molar-refractivity contribution is 5.94. The Balaban J connectivity index is 2.22. The molecule has 0 unspecified atom stereocenters. The number of amides is 2. The molecule has 0 aliphatic carbocycles. The van der Waals surface area contributed by atoms with Crippen molar-refractivity contribution in [3.63, 3.8) is 0 Å². The molecule has 0 saturated heterocycles. The summed E-state index contributed by atoms with van der Waals surface area (Å²) >= 11 is 0. The second-order valence-corrected chi connectivity index (χ2v) is 4.22. The summed E-state index contributed by atoms with van der Waals surface area (Å²) in [4.78, 5) is 23.1. The highest BCUT2D eigenvalue weighted by atomic mass is 16.5. The maximum Gasteiger partial charge on any atom is 0.243 e. The van der Waals surface area contributed by atoms with Crippen molar-refractivity contribution in [2.45, 2.75) is 0 Å². The standard InChI is InChI=1S/C14H21N3O4/c1-20-8-7-15-9-13(18)16-10-14(19)17-11-3-5-12(21-2)6-4-11/h3-6,15H,7-10H2,1-2H3,(H,16,18)(H,17,19). The molecular formula is C14H21N3O4. The molecule has 1 aromatic rings. The molecule has 116 valence electrons. The number of rotatable bonds is 9. The van der Waals surface area contributed by atoms with Crippen LogP contribution in [0, 0.1) is 0 Å². The molecule has 0 bridgehead atoms. The first-order chi connectivity index (χ1) is 10.2. The zero-order valence-electron chi connectivity index (χ0n) is 12.3. The van der Waals surface area contributed by atoms with Crippen LogP contribution in [-0.4, -0.2) is 52.3 Å². The SMILES string of the molecule is COCCNCC(=O)NCC(=O)Nc1ccc(OC)cc1. The van der Waals surface area contributed by atoms with E-state index in [0.29, 0.717) is 24.6 Å². The van der Waals surface area contributed by atoms with E-state index < -0.39 is 0 Å². The number of carbonyl (C=O) groups is 2. The van der Waals surface area contributed by atoms with Crippen LogP contribution >= 0.6 is 0 Å². The van der Waals surface area contributed by atoms with Gasteiger partial charge in [0.25, 0.3) is 0 Å². The normalized spacial score (nSPS) is 10.0. The lowest BCUT2D eigenvalue weighted by atomic mass is 10.3. The molecule has 0 atom stereocenters. The van der Waals surface area contributed by atoms with E-state index in [9.17, 15) is 9.59 Å². The predicted molar refractivity (Wildman–Crippen MR) is 79.4 cm³/mol. The van der Waals surface area contributed by atoms with Crippen LogP contribution < -0.4 is 20.7 Å². The van der Waals surface area contributed by atoms with E-state index in [-0.39, 0.29) is 24.9 Å². The Morgan fingerprint density at radius 1 is 1.05 bits per heavy atom.